The van der Waals surface area contributed by atoms with E-state index < -0.39 is 15.8 Å². The van der Waals surface area contributed by atoms with Crippen LogP contribution in [0.1, 0.15) is 11.1 Å². The highest BCUT2D eigenvalue weighted by atomic mass is 79.9. The molecule has 2 N–H and O–H groups in total. The molecule has 7 heteroatoms. The molecule has 2 rings (SSSR count). The maximum Gasteiger partial charge on any atom is 0.240 e. The zero-order valence-electron chi connectivity index (χ0n) is 10.9. The molecule has 0 atom stereocenters. The van der Waals surface area contributed by atoms with E-state index in [0.717, 1.165) is 17.2 Å². The number of halogens is 2. The summed E-state index contributed by atoms with van der Waals surface area (Å²) in [5, 5.41) is 8.93. The summed E-state index contributed by atoms with van der Waals surface area (Å²) in [4.78, 5) is -0.129. The van der Waals surface area contributed by atoms with Gasteiger partial charge in [-0.15, -0.1) is 0 Å². The van der Waals surface area contributed by atoms with E-state index in [1.807, 2.05) is 0 Å². The quantitative estimate of drug-likeness (QED) is 0.846. The summed E-state index contributed by atoms with van der Waals surface area (Å²) in [5.41, 5.74) is 1.49. The minimum atomic E-state index is -3.77. The van der Waals surface area contributed by atoms with Crippen molar-refractivity contribution >= 4 is 26.0 Å². The molecule has 0 spiro atoms. The summed E-state index contributed by atoms with van der Waals surface area (Å²) < 4.78 is 40.1. The summed E-state index contributed by atoms with van der Waals surface area (Å²) in [6, 6.07) is 10.5. The third-order valence-electron chi connectivity index (χ3n) is 2.87. The zero-order chi connectivity index (χ0) is 15.5. The minimum Gasteiger partial charge on any atom is -0.392 e. The van der Waals surface area contributed by atoms with Gasteiger partial charge in [-0.05, 0) is 45.3 Å². The highest BCUT2D eigenvalue weighted by molar-refractivity contribution is 9.10. The third-order valence-corrected chi connectivity index (χ3v) is 4.92. The Morgan fingerprint density at radius 1 is 1.10 bits per heavy atom. The number of nitrogens with one attached hydrogen (secondary N) is 1. The van der Waals surface area contributed by atoms with E-state index in [1.165, 1.54) is 12.1 Å². The van der Waals surface area contributed by atoms with Gasteiger partial charge in [-0.3, -0.25) is 0 Å². The van der Waals surface area contributed by atoms with Crippen LogP contribution in [0.4, 0.5) is 4.39 Å². The fraction of sp³-hybridized carbons (Fsp3) is 0.143. The first kappa shape index (κ1) is 16.1. The van der Waals surface area contributed by atoms with Crippen molar-refractivity contribution in [2.45, 2.75) is 18.0 Å². The van der Waals surface area contributed by atoms with Gasteiger partial charge in [-0.25, -0.2) is 17.5 Å². The summed E-state index contributed by atoms with van der Waals surface area (Å²) in [6.07, 6.45) is 0. The Balaban J connectivity index is 2.11. The maximum absolute atomic E-state index is 13.4. The first-order valence-electron chi connectivity index (χ1n) is 6.06. The van der Waals surface area contributed by atoms with Crippen LogP contribution in [0.3, 0.4) is 0 Å². The van der Waals surface area contributed by atoms with E-state index in [4.69, 9.17) is 5.11 Å². The number of rotatable bonds is 5. The molecule has 0 unspecified atom stereocenters. The van der Waals surface area contributed by atoms with Gasteiger partial charge in [0.05, 0.1) is 16.0 Å². The second kappa shape index (κ2) is 6.65. The van der Waals surface area contributed by atoms with Crippen molar-refractivity contribution in [3.8, 4) is 0 Å². The molecule has 0 saturated carbocycles. The predicted octanol–water partition coefficient (Wildman–Crippen LogP) is 2.56. The third kappa shape index (κ3) is 4.10. The van der Waals surface area contributed by atoms with Crippen LogP contribution < -0.4 is 4.72 Å². The Hall–Kier alpha value is -1.28. The molecule has 2 aromatic carbocycles. The van der Waals surface area contributed by atoms with Crippen LogP contribution in [0, 0.1) is 5.82 Å². The van der Waals surface area contributed by atoms with E-state index in [-0.39, 0.29) is 22.5 Å². The van der Waals surface area contributed by atoms with E-state index in [9.17, 15) is 12.8 Å². The lowest BCUT2D eigenvalue weighted by molar-refractivity contribution is 0.282. The molecule has 0 aliphatic carbocycles. The normalized spacial score (nSPS) is 11.6. The van der Waals surface area contributed by atoms with E-state index in [1.54, 1.807) is 24.3 Å². The van der Waals surface area contributed by atoms with Crippen molar-refractivity contribution in [3.05, 3.63) is 63.9 Å². The number of sulfonamides is 1. The molecule has 0 aromatic heterocycles. The molecule has 2 aromatic rings. The Morgan fingerprint density at radius 2 is 1.71 bits per heavy atom. The van der Waals surface area contributed by atoms with Crippen LogP contribution in [-0.2, 0) is 23.2 Å². The standard InChI is InChI=1S/C14H13BrFNO3S/c15-13-6-5-12(7-14(13)16)21(19,20)17-8-10-1-3-11(9-18)4-2-10/h1-7,17-18H,8-9H2. The van der Waals surface area contributed by atoms with Crippen molar-refractivity contribution in [2.24, 2.45) is 0 Å². The number of hydrogen-bond donors (Lipinski definition) is 2. The molecule has 112 valence electrons. The summed E-state index contributed by atoms with van der Waals surface area (Å²) >= 11 is 2.97. The fourth-order valence-electron chi connectivity index (χ4n) is 1.67. The van der Waals surface area contributed by atoms with Crippen LogP contribution in [0.25, 0.3) is 0 Å². The van der Waals surface area contributed by atoms with Crippen LogP contribution in [0.2, 0.25) is 0 Å². The SMILES string of the molecule is O=S(=O)(NCc1ccc(CO)cc1)c1ccc(Br)c(F)c1. The number of aliphatic hydroxyl groups excluding tert-OH is 1. The van der Waals surface area contributed by atoms with E-state index >= 15 is 0 Å². The molecule has 4 nitrogen and oxygen atoms in total. The monoisotopic (exact) mass is 373 g/mol. The molecule has 0 fully saturated rings. The minimum absolute atomic E-state index is 0.0653. The summed E-state index contributed by atoms with van der Waals surface area (Å²) in [5.74, 6) is -0.634. The molecule has 0 heterocycles. The molecule has 0 aliphatic rings. The van der Waals surface area contributed by atoms with Crippen LogP contribution >= 0.6 is 15.9 Å². The first-order chi connectivity index (χ1) is 9.92. The number of aliphatic hydroxyl groups is 1. The summed E-state index contributed by atoms with van der Waals surface area (Å²) in [7, 11) is -3.77. The Bertz CT molecular complexity index is 732. The molecule has 21 heavy (non-hydrogen) atoms. The highest BCUT2D eigenvalue weighted by Crippen LogP contribution is 2.19. The predicted molar refractivity (Wildman–Crippen MR) is 80.5 cm³/mol. The van der Waals surface area contributed by atoms with Gasteiger partial charge in [0.2, 0.25) is 10.0 Å². The van der Waals surface area contributed by atoms with E-state index in [0.29, 0.717) is 0 Å². The van der Waals surface area contributed by atoms with E-state index in [2.05, 4.69) is 20.7 Å². The molecule has 0 bridgehead atoms. The van der Waals surface area contributed by atoms with Gasteiger partial charge >= 0.3 is 0 Å². The molecule has 0 aliphatic heterocycles. The van der Waals surface area contributed by atoms with Gasteiger partial charge in [0.1, 0.15) is 5.82 Å². The Kier molecular flexibility index (Phi) is 5.10. The second-order valence-electron chi connectivity index (χ2n) is 4.38. The van der Waals surface area contributed by atoms with Crippen molar-refractivity contribution < 1.29 is 17.9 Å². The zero-order valence-corrected chi connectivity index (χ0v) is 13.3. The van der Waals surface area contributed by atoms with Crippen molar-refractivity contribution in [2.75, 3.05) is 0 Å². The molecule has 0 amide bonds. The maximum atomic E-state index is 13.4. The van der Waals surface area contributed by atoms with Crippen molar-refractivity contribution in [1.82, 2.24) is 4.72 Å². The van der Waals surface area contributed by atoms with Crippen LogP contribution in [-0.4, -0.2) is 13.5 Å². The van der Waals surface area contributed by atoms with Crippen molar-refractivity contribution in [3.63, 3.8) is 0 Å². The lowest BCUT2D eigenvalue weighted by Gasteiger charge is -2.08. The van der Waals surface area contributed by atoms with Gasteiger partial charge < -0.3 is 5.11 Å². The average Bonchev–Trinajstić information content (AvgIpc) is 2.48. The molecule has 0 saturated heterocycles. The van der Waals surface area contributed by atoms with Crippen LogP contribution in [0.15, 0.2) is 51.8 Å². The Morgan fingerprint density at radius 3 is 2.29 bits per heavy atom. The lowest BCUT2D eigenvalue weighted by Crippen LogP contribution is -2.23. The highest BCUT2D eigenvalue weighted by Gasteiger charge is 2.15. The average molecular weight is 374 g/mol. The number of benzene rings is 2. The van der Waals surface area contributed by atoms with Crippen molar-refractivity contribution in [1.29, 1.82) is 0 Å². The van der Waals surface area contributed by atoms with Gasteiger partial charge in [-0.2, -0.15) is 0 Å². The van der Waals surface area contributed by atoms with Gasteiger partial charge in [0, 0.05) is 6.54 Å². The molecule has 0 radical (unpaired) electrons. The Labute approximate surface area is 130 Å². The van der Waals surface area contributed by atoms with Gasteiger partial charge in [0.15, 0.2) is 0 Å². The lowest BCUT2D eigenvalue weighted by atomic mass is 10.1. The summed E-state index contributed by atoms with van der Waals surface area (Å²) in [6.45, 7) is 0.0237. The first-order valence-corrected chi connectivity index (χ1v) is 8.33. The molecular formula is C14H13BrFNO3S. The largest absolute Gasteiger partial charge is 0.392 e. The van der Waals surface area contributed by atoms with Gasteiger partial charge in [0.25, 0.3) is 0 Å². The smallest absolute Gasteiger partial charge is 0.240 e. The fourth-order valence-corrected chi connectivity index (χ4v) is 2.94. The van der Waals surface area contributed by atoms with Crippen LogP contribution in [0.5, 0.6) is 0 Å². The second-order valence-corrected chi connectivity index (χ2v) is 7.00. The number of hydrogen-bond acceptors (Lipinski definition) is 3. The topological polar surface area (TPSA) is 66.4 Å². The molecular weight excluding hydrogens is 361 g/mol. The van der Waals surface area contributed by atoms with Gasteiger partial charge in [-0.1, -0.05) is 24.3 Å².